The summed E-state index contributed by atoms with van der Waals surface area (Å²) < 4.78 is 5.63. The highest BCUT2D eigenvalue weighted by Crippen LogP contribution is 2.23. The summed E-state index contributed by atoms with van der Waals surface area (Å²) in [6.07, 6.45) is 2.45. The highest BCUT2D eigenvalue weighted by atomic mass is 16.5. The Labute approximate surface area is 105 Å². The van der Waals surface area contributed by atoms with E-state index in [1.54, 1.807) is 0 Å². The van der Waals surface area contributed by atoms with Gasteiger partial charge in [-0.2, -0.15) is 0 Å². The highest BCUT2D eigenvalue weighted by Gasteiger charge is 2.07. The van der Waals surface area contributed by atoms with Crippen molar-refractivity contribution in [3.05, 3.63) is 29.8 Å². The molecule has 96 valence electrons. The highest BCUT2D eigenvalue weighted by molar-refractivity contribution is 5.29. The first-order chi connectivity index (χ1) is 7.99. The molecule has 2 unspecified atom stereocenters. The van der Waals surface area contributed by atoms with Gasteiger partial charge in [-0.15, -0.1) is 0 Å². The fraction of sp³-hybridized carbons (Fsp3) is 0.600. The predicted octanol–water partition coefficient (Wildman–Crippen LogP) is 3.70. The second kappa shape index (κ2) is 6.65. The van der Waals surface area contributed by atoms with Crippen LogP contribution < -0.4 is 10.5 Å². The van der Waals surface area contributed by atoms with Gasteiger partial charge >= 0.3 is 0 Å². The van der Waals surface area contributed by atoms with Gasteiger partial charge in [0.25, 0.3) is 0 Å². The number of benzene rings is 1. The van der Waals surface area contributed by atoms with Gasteiger partial charge < -0.3 is 10.5 Å². The van der Waals surface area contributed by atoms with Crippen molar-refractivity contribution < 1.29 is 4.74 Å². The third kappa shape index (κ3) is 5.22. The van der Waals surface area contributed by atoms with Crippen LogP contribution in [0.15, 0.2) is 24.3 Å². The number of hydrogen-bond donors (Lipinski definition) is 1. The van der Waals surface area contributed by atoms with Crippen molar-refractivity contribution in [3.8, 4) is 5.75 Å². The maximum Gasteiger partial charge on any atom is 0.119 e. The molecule has 0 saturated heterocycles. The third-order valence-corrected chi connectivity index (χ3v) is 2.88. The van der Waals surface area contributed by atoms with Gasteiger partial charge in [0.1, 0.15) is 5.75 Å². The molecule has 0 bridgehead atoms. The molecule has 2 N–H and O–H groups in total. The lowest BCUT2D eigenvalue weighted by molar-refractivity contribution is 0.242. The van der Waals surface area contributed by atoms with E-state index in [0.717, 1.165) is 18.6 Å². The summed E-state index contributed by atoms with van der Waals surface area (Å²) in [5, 5.41) is 0. The van der Waals surface area contributed by atoms with E-state index >= 15 is 0 Å². The van der Waals surface area contributed by atoms with Crippen LogP contribution in [0.25, 0.3) is 0 Å². The molecule has 17 heavy (non-hydrogen) atoms. The van der Waals surface area contributed by atoms with Gasteiger partial charge in [0.2, 0.25) is 0 Å². The Balaban J connectivity index is 2.54. The number of rotatable bonds is 6. The van der Waals surface area contributed by atoms with Crippen molar-refractivity contribution >= 4 is 0 Å². The van der Waals surface area contributed by atoms with Gasteiger partial charge in [0, 0.05) is 6.04 Å². The smallest absolute Gasteiger partial charge is 0.119 e. The van der Waals surface area contributed by atoms with Crippen molar-refractivity contribution in [1.82, 2.24) is 0 Å². The van der Waals surface area contributed by atoms with E-state index in [-0.39, 0.29) is 6.10 Å². The summed E-state index contributed by atoms with van der Waals surface area (Å²) >= 11 is 0. The van der Waals surface area contributed by atoms with E-state index in [9.17, 15) is 0 Å². The molecule has 0 fully saturated rings. The monoisotopic (exact) mass is 235 g/mol. The molecule has 2 nitrogen and oxygen atoms in total. The van der Waals surface area contributed by atoms with Gasteiger partial charge in [0.05, 0.1) is 6.10 Å². The molecule has 0 aliphatic carbocycles. The third-order valence-electron chi connectivity index (χ3n) is 2.88. The molecule has 0 amide bonds. The van der Waals surface area contributed by atoms with E-state index in [2.05, 4.69) is 38.1 Å². The molecule has 2 atom stereocenters. The minimum absolute atomic E-state index is 0.233. The number of nitrogens with two attached hydrogens (primary N) is 1. The SMILES string of the molecule is CC(N)CCC(C)c1ccc(OC(C)C)cc1. The molecule has 2 heteroatoms. The zero-order chi connectivity index (χ0) is 12.8. The maximum absolute atomic E-state index is 5.78. The first kappa shape index (κ1) is 14.0. The summed E-state index contributed by atoms with van der Waals surface area (Å²) in [5.74, 6) is 1.51. The normalized spacial score (nSPS) is 14.7. The first-order valence-corrected chi connectivity index (χ1v) is 6.51. The minimum Gasteiger partial charge on any atom is -0.491 e. The van der Waals surface area contributed by atoms with Crippen LogP contribution in [0.4, 0.5) is 0 Å². The Morgan fingerprint density at radius 3 is 2.06 bits per heavy atom. The lowest BCUT2D eigenvalue weighted by Gasteiger charge is -2.15. The predicted molar refractivity (Wildman–Crippen MR) is 73.5 cm³/mol. The van der Waals surface area contributed by atoms with E-state index in [4.69, 9.17) is 10.5 Å². The molecule has 0 saturated carbocycles. The standard InChI is InChI=1S/C15H25NO/c1-11(2)17-15-9-7-14(8-10-15)12(3)5-6-13(4)16/h7-13H,5-6,16H2,1-4H3. The van der Waals surface area contributed by atoms with Gasteiger partial charge in [-0.25, -0.2) is 0 Å². The Kier molecular flexibility index (Phi) is 5.49. The van der Waals surface area contributed by atoms with Crippen LogP contribution in [-0.4, -0.2) is 12.1 Å². The lowest BCUT2D eigenvalue weighted by atomic mass is 9.95. The summed E-state index contributed by atoms with van der Waals surface area (Å²) in [7, 11) is 0. The van der Waals surface area contributed by atoms with Crippen LogP contribution in [0, 0.1) is 0 Å². The average Bonchev–Trinajstić information content (AvgIpc) is 2.26. The number of hydrogen-bond acceptors (Lipinski definition) is 2. The summed E-state index contributed by atoms with van der Waals surface area (Å²) in [4.78, 5) is 0. The molecule has 1 aromatic rings. The quantitative estimate of drug-likeness (QED) is 0.816. The molecular weight excluding hydrogens is 210 g/mol. The van der Waals surface area contributed by atoms with Crippen molar-refractivity contribution in [2.75, 3.05) is 0 Å². The van der Waals surface area contributed by atoms with E-state index in [1.165, 1.54) is 5.56 Å². The second-order valence-corrected chi connectivity index (χ2v) is 5.19. The summed E-state index contributed by atoms with van der Waals surface area (Å²) in [5.41, 5.74) is 7.14. The summed E-state index contributed by atoms with van der Waals surface area (Å²) in [6, 6.07) is 8.71. The zero-order valence-electron chi connectivity index (χ0n) is 11.4. The van der Waals surface area contributed by atoms with Crippen LogP contribution in [0.5, 0.6) is 5.75 Å². The van der Waals surface area contributed by atoms with E-state index < -0.39 is 0 Å². The molecule has 1 rings (SSSR count). The van der Waals surface area contributed by atoms with Crippen LogP contribution in [-0.2, 0) is 0 Å². The Morgan fingerprint density at radius 1 is 1.00 bits per heavy atom. The Bertz CT molecular complexity index is 316. The number of ether oxygens (including phenoxy) is 1. The fourth-order valence-electron chi connectivity index (χ4n) is 1.83. The second-order valence-electron chi connectivity index (χ2n) is 5.19. The largest absolute Gasteiger partial charge is 0.491 e. The fourth-order valence-corrected chi connectivity index (χ4v) is 1.83. The van der Waals surface area contributed by atoms with Crippen molar-refractivity contribution in [1.29, 1.82) is 0 Å². The van der Waals surface area contributed by atoms with Crippen LogP contribution >= 0.6 is 0 Å². The van der Waals surface area contributed by atoms with Crippen LogP contribution in [0.1, 0.15) is 52.0 Å². The molecular formula is C15H25NO. The van der Waals surface area contributed by atoms with Gasteiger partial charge in [-0.05, 0) is 57.2 Å². The first-order valence-electron chi connectivity index (χ1n) is 6.51. The van der Waals surface area contributed by atoms with Crippen LogP contribution in [0.3, 0.4) is 0 Å². The minimum atomic E-state index is 0.233. The van der Waals surface area contributed by atoms with Crippen molar-refractivity contribution in [2.45, 2.75) is 58.6 Å². The zero-order valence-corrected chi connectivity index (χ0v) is 11.4. The Morgan fingerprint density at radius 2 is 1.59 bits per heavy atom. The molecule has 1 aromatic carbocycles. The van der Waals surface area contributed by atoms with Gasteiger partial charge in [-0.3, -0.25) is 0 Å². The van der Waals surface area contributed by atoms with Crippen LogP contribution in [0.2, 0.25) is 0 Å². The van der Waals surface area contributed by atoms with E-state index in [0.29, 0.717) is 12.0 Å². The van der Waals surface area contributed by atoms with Gasteiger partial charge in [-0.1, -0.05) is 19.1 Å². The molecule has 0 aliphatic rings. The van der Waals surface area contributed by atoms with Gasteiger partial charge in [0.15, 0.2) is 0 Å². The molecule has 0 radical (unpaired) electrons. The molecule has 0 spiro atoms. The Hall–Kier alpha value is -1.02. The lowest BCUT2D eigenvalue weighted by Crippen LogP contribution is -2.15. The topological polar surface area (TPSA) is 35.2 Å². The van der Waals surface area contributed by atoms with Crippen molar-refractivity contribution in [2.24, 2.45) is 5.73 Å². The molecule has 0 heterocycles. The molecule has 0 aliphatic heterocycles. The van der Waals surface area contributed by atoms with Crippen molar-refractivity contribution in [3.63, 3.8) is 0 Å². The molecule has 0 aromatic heterocycles. The maximum atomic E-state index is 5.78. The average molecular weight is 235 g/mol. The van der Waals surface area contributed by atoms with E-state index in [1.807, 2.05) is 13.8 Å². The summed E-state index contributed by atoms with van der Waals surface area (Å²) in [6.45, 7) is 8.39.